The van der Waals surface area contributed by atoms with Crippen LogP contribution < -0.4 is 23.1 Å². The third kappa shape index (κ3) is 4.10. The van der Waals surface area contributed by atoms with Gasteiger partial charge in [-0.2, -0.15) is 19.6 Å². The van der Waals surface area contributed by atoms with Crippen LogP contribution >= 0.6 is 0 Å². The van der Waals surface area contributed by atoms with Gasteiger partial charge in [0.2, 0.25) is 5.75 Å². The molecular formula is C18H19N3O7S. The monoisotopic (exact) mass is 421 g/mol. The molecule has 1 heterocycles. The number of benzene rings is 2. The number of aromatic amines is 1. The molecule has 0 aliphatic rings. The Morgan fingerprint density at radius 1 is 0.793 bits per heavy atom. The van der Waals surface area contributed by atoms with Crippen LogP contribution in [0, 0.1) is 0 Å². The summed E-state index contributed by atoms with van der Waals surface area (Å²) >= 11 is -2.51. The lowest BCUT2D eigenvalue weighted by atomic mass is 10.0. The highest BCUT2D eigenvalue weighted by Gasteiger charge is 2.20. The van der Waals surface area contributed by atoms with E-state index < -0.39 is 11.4 Å². The molecule has 0 saturated carbocycles. The summed E-state index contributed by atoms with van der Waals surface area (Å²) in [5, 5.41) is 11.0. The van der Waals surface area contributed by atoms with Crippen molar-refractivity contribution in [2.45, 2.75) is 0 Å². The van der Waals surface area contributed by atoms with E-state index in [2.05, 4.69) is 15.4 Å². The minimum Gasteiger partial charge on any atom is -0.493 e. The van der Waals surface area contributed by atoms with Crippen molar-refractivity contribution in [2.75, 3.05) is 28.4 Å². The van der Waals surface area contributed by atoms with Gasteiger partial charge in [0.25, 0.3) is 0 Å². The summed E-state index contributed by atoms with van der Waals surface area (Å²) in [5.74, 6) is 1.77. The highest BCUT2D eigenvalue weighted by molar-refractivity contribution is 7.74. The van der Waals surface area contributed by atoms with Crippen molar-refractivity contribution in [3.05, 3.63) is 30.3 Å². The fourth-order valence-electron chi connectivity index (χ4n) is 2.82. The Bertz CT molecular complexity index is 1010. The first-order chi connectivity index (χ1) is 14.0. The maximum atomic E-state index is 11.1. The van der Waals surface area contributed by atoms with Crippen molar-refractivity contribution < 1.29 is 31.9 Å². The Morgan fingerprint density at radius 2 is 1.34 bits per heavy atom. The number of H-pyrrole nitrogens is 1. The van der Waals surface area contributed by atoms with E-state index in [1.54, 1.807) is 24.3 Å². The number of rotatable bonds is 8. The van der Waals surface area contributed by atoms with Crippen LogP contribution in [0.3, 0.4) is 0 Å². The van der Waals surface area contributed by atoms with Crippen LogP contribution in [0.15, 0.2) is 30.3 Å². The fourth-order valence-corrected chi connectivity index (χ4v) is 3.10. The van der Waals surface area contributed by atoms with Gasteiger partial charge in [-0.15, -0.1) is 0 Å². The van der Waals surface area contributed by atoms with E-state index in [-0.39, 0.29) is 5.75 Å². The molecule has 10 nitrogen and oxygen atoms in total. The molecule has 0 saturated heterocycles. The summed E-state index contributed by atoms with van der Waals surface area (Å²) in [6.45, 7) is 0. The number of hydrogen-bond acceptors (Lipinski definition) is 8. The van der Waals surface area contributed by atoms with Gasteiger partial charge in [-0.3, -0.25) is 4.55 Å². The van der Waals surface area contributed by atoms with Crippen LogP contribution in [0.25, 0.3) is 22.5 Å². The standard InChI is InChI=1S/C18H19N3O7S/c1-24-12-6-5-10(7-13(12)28-29(22)23)16-17(20-21-19-16)11-8-14(25-2)18(27-4)15(9-11)26-3/h5-9H,1-4H3,(H,22,23)(H,19,20,21). The van der Waals surface area contributed by atoms with Gasteiger partial charge in [0.15, 0.2) is 23.0 Å². The second-order valence-electron chi connectivity index (χ2n) is 5.60. The minimum absolute atomic E-state index is 0.0877. The first-order valence-corrected chi connectivity index (χ1v) is 9.24. The molecule has 29 heavy (non-hydrogen) atoms. The molecule has 0 radical (unpaired) electrons. The molecule has 0 aliphatic carbocycles. The largest absolute Gasteiger partial charge is 0.493 e. The number of hydrogen-bond donors (Lipinski definition) is 2. The lowest BCUT2D eigenvalue weighted by molar-refractivity contribution is 0.324. The maximum absolute atomic E-state index is 11.1. The van der Waals surface area contributed by atoms with E-state index in [1.165, 1.54) is 34.5 Å². The van der Waals surface area contributed by atoms with E-state index in [0.29, 0.717) is 45.5 Å². The van der Waals surface area contributed by atoms with Gasteiger partial charge in [-0.1, -0.05) is 0 Å². The van der Waals surface area contributed by atoms with Gasteiger partial charge in [-0.25, -0.2) is 0 Å². The molecule has 3 rings (SSSR count). The maximum Gasteiger partial charge on any atom is 0.357 e. The van der Waals surface area contributed by atoms with E-state index >= 15 is 0 Å². The number of nitrogens with zero attached hydrogens (tertiary/aromatic N) is 2. The van der Waals surface area contributed by atoms with Gasteiger partial charge in [-0.05, 0) is 30.3 Å². The van der Waals surface area contributed by atoms with Gasteiger partial charge in [0.1, 0.15) is 11.4 Å². The zero-order valence-corrected chi connectivity index (χ0v) is 16.9. The number of nitrogens with one attached hydrogen (secondary N) is 1. The van der Waals surface area contributed by atoms with Crippen molar-refractivity contribution in [1.29, 1.82) is 0 Å². The second kappa shape index (κ2) is 8.80. The zero-order chi connectivity index (χ0) is 21.0. The Kier molecular flexibility index (Phi) is 6.20. The van der Waals surface area contributed by atoms with Crippen LogP contribution in [0.2, 0.25) is 0 Å². The minimum atomic E-state index is -2.51. The zero-order valence-electron chi connectivity index (χ0n) is 16.1. The second-order valence-corrected chi connectivity index (χ2v) is 6.20. The molecule has 0 spiro atoms. The molecule has 0 aliphatic heterocycles. The Balaban J connectivity index is 2.12. The molecule has 1 atom stereocenters. The van der Waals surface area contributed by atoms with E-state index in [1.807, 2.05) is 0 Å². The van der Waals surface area contributed by atoms with Crippen LogP contribution in [-0.2, 0) is 11.4 Å². The first kappa shape index (κ1) is 20.4. The molecular weight excluding hydrogens is 402 g/mol. The molecule has 0 bridgehead atoms. The summed E-state index contributed by atoms with van der Waals surface area (Å²) in [6, 6.07) is 8.35. The predicted octanol–water partition coefficient (Wildman–Crippen LogP) is 2.69. The van der Waals surface area contributed by atoms with Crippen LogP contribution in [0.4, 0.5) is 0 Å². The van der Waals surface area contributed by atoms with Crippen molar-refractivity contribution in [1.82, 2.24) is 15.4 Å². The number of ether oxygens (including phenoxy) is 4. The summed E-state index contributed by atoms with van der Waals surface area (Å²) < 4.78 is 46.4. The van der Waals surface area contributed by atoms with Crippen molar-refractivity contribution in [3.8, 4) is 51.3 Å². The fraction of sp³-hybridized carbons (Fsp3) is 0.222. The molecule has 2 aromatic carbocycles. The van der Waals surface area contributed by atoms with Crippen molar-refractivity contribution in [2.24, 2.45) is 0 Å². The van der Waals surface area contributed by atoms with E-state index in [0.717, 1.165) is 0 Å². The predicted molar refractivity (Wildman–Crippen MR) is 105 cm³/mol. The topological polar surface area (TPSA) is 125 Å². The number of methoxy groups -OCH3 is 4. The number of aromatic nitrogens is 3. The van der Waals surface area contributed by atoms with Gasteiger partial charge < -0.3 is 23.1 Å². The van der Waals surface area contributed by atoms with Crippen molar-refractivity contribution >= 4 is 11.4 Å². The van der Waals surface area contributed by atoms with Crippen LogP contribution in [-0.4, -0.2) is 52.6 Å². The molecule has 1 unspecified atom stereocenters. The average Bonchev–Trinajstić information content (AvgIpc) is 3.22. The average molecular weight is 421 g/mol. The first-order valence-electron chi connectivity index (χ1n) is 8.21. The van der Waals surface area contributed by atoms with Crippen molar-refractivity contribution in [3.63, 3.8) is 0 Å². The SMILES string of the molecule is COc1ccc(-c2n[nH]nc2-c2cc(OC)c(OC)c(OC)c2)cc1OS(=O)O. The summed E-state index contributed by atoms with van der Waals surface area (Å²) in [5.41, 5.74) is 2.23. The molecule has 0 fully saturated rings. The van der Waals surface area contributed by atoms with E-state index in [9.17, 15) is 4.21 Å². The molecule has 2 N–H and O–H groups in total. The molecule has 0 amide bonds. The van der Waals surface area contributed by atoms with Gasteiger partial charge in [0, 0.05) is 11.1 Å². The van der Waals surface area contributed by atoms with Crippen LogP contribution in [0.1, 0.15) is 0 Å². The van der Waals surface area contributed by atoms with Gasteiger partial charge >= 0.3 is 11.4 Å². The lowest BCUT2D eigenvalue weighted by Crippen LogP contribution is -2.00. The summed E-state index contributed by atoms with van der Waals surface area (Å²) in [4.78, 5) is 0. The molecule has 11 heteroatoms. The third-order valence-corrected chi connectivity index (χ3v) is 4.41. The smallest absolute Gasteiger partial charge is 0.357 e. The summed E-state index contributed by atoms with van der Waals surface area (Å²) in [7, 11) is 5.99. The molecule has 154 valence electrons. The molecule has 3 aromatic rings. The third-order valence-electron chi connectivity index (χ3n) is 4.08. The quantitative estimate of drug-likeness (QED) is 0.528. The lowest BCUT2D eigenvalue weighted by Gasteiger charge is -2.14. The highest BCUT2D eigenvalue weighted by atomic mass is 32.2. The molecule has 1 aromatic heterocycles. The Labute approximate surface area is 169 Å². The van der Waals surface area contributed by atoms with Gasteiger partial charge in [0.05, 0.1) is 28.4 Å². The Hall–Kier alpha value is -3.31. The normalized spacial score (nSPS) is 11.6. The van der Waals surface area contributed by atoms with Crippen LogP contribution in [0.5, 0.6) is 28.7 Å². The highest BCUT2D eigenvalue weighted by Crippen LogP contribution is 2.43. The summed E-state index contributed by atoms with van der Waals surface area (Å²) in [6.07, 6.45) is 0. The Morgan fingerprint density at radius 3 is 1.86 bits per heavy atom. The van der Waals surface area contributed by atoms with E-state index in [4.69, 9.17) is 27.7 Å².